The summed E-state index contributed by atoms with van der Waals surface area (Å²) in [5.74, 6) is 0.568. The Labute approximate surface area is 220 Å². The van der Waals surface area contributed by atoms with Crippen molar-refractivity contribution in [2.75, 3.05) is 6.61 Å². The van der Waals surface area contributed by atoms with Crippen LogP contribution in [0.5, 0.6) is 11.5 Å². The van der Waals surface area contributed by atoms with Crippen molar-refractivity contribution in [1.82, 2.24) is 10.2 Å². The number of benzene rings is 3. The summed E-state index contributed by atoms with van der Waals surface area (Å²) in [6, 6.07) is 18.5. The number of non-ortho nitro benzene ring substituents is 1. The minimum atomic E-state index is -0.482. The maximum Gasteiger partial charge on any atom is 0.329 e. The summed E-state index contributed by atoms with van der Waals surface area (Å²) >= 11 is 0. The fourth-order valence-corrected chi connectivity index (χ4v) is 4.02. The first-order chi connectivity index (χ1) is 18.4. The average Bonchev–Trinajstić information content (AvgIpc) is 3.16. The number of hydrogen-bond donors (Lipinski definition) is 1. The number of rotatable bonds is 11. The van der Waals surface area contributed by atoms with Gasteiger partial charge in [0.05, 0.1) is 18.1 Å². The summed E-state index contributed by atoms with van der Waals surface area (Å²) in [4.78, 5) is 37.1. The highest BCUT2D eigenvalue weighted by atomic mass is 16.6. The van der Waals surface area contributed by atoms with Crippen LogP contribution in [-0.4, -0.2) is 28.4 Å². The van der Waals surface area contributed by atoms with Gasteiger partial charge in [-0.25, -0.2) is 4.79 Å². The molecule has 3 amide bonds. The molecule has 9 nitrogen and oxygen atoms in total. The number of nitro groups is 1. The van der Waals surface area contributed by atoms with E-state index in [0.29, 0.717) is 30.1 Å². The number of carbonyl (C=O) groups is 2. The van der Waals surface area contributed by atoms with Crippen molar-refractivity contribution in [3.05, 3.63) is 117 Å². The standard InChI is InChI=1S/C29H27N3O6/c1-3-8-23-15-22(16-25-28(33)31(29(34)30-25)18-20-9-6-5-7-10-20)17-26(37-4-2)27(23)38-19-21-11-13-24(14-12-21)32(35)36/h3,5-7,9-17H,1,4,8,18-19H2,2H3,(H,30,34)/b25-16+. The van der Waals surface area contributed by atoms with Crippen LogP contribution in [-0.2, 0) is 24.4 Å². The molecule has 1 heterocycles. The number of nitro benzene ring substituents is 1. The van der Waals surface area contributed by atoms with E-state index in [1.54, 1.807) is 30.4 Å². The molecule has 3 aromatic carbocycles. The van der Waals surface area contributed by atoms with Crippen LogP contribution in [0.15, 0.2) is 85.1 Å². The lowest BCUT2D eigenvalue weighted by Crippen LogP contribution is -2.30. The molecule has 1 N–H and O–H groups in total. The second-order valence-corrected chi connectivity index (χ2v) is 8.51. The number of ether oxygens (including phenoxy) is 2. The van der Waals surface area contributed by atoms with Gasteiger partial charge in [0.1, 0.15) is 12.3 Å². The minimum absolute atomic E-state index is 0.00405. The largest absolute Gasteiger partial charge is 0.490 e. The monoisotopic (exact) mass is 513 g/mol. The van der Waals surface area contributed by atoms with Crippen molar-refractivity contribution < 1.29 is 24.0 Å². The molecule has 9 heteroatoms. The average molecular weight is 514 g/mol. The summed E-state index contributed by atoms with van der Waals surface area (Å²) in [6.45, 7) is 6.40. The molecule has 38 heavy (non-hydrogen) atoms. The van der Waals surface area contributed by atoms with Gasteiger partial charge in [-0.3, -0.25) is 19.8 Å². The quantitative estimate of drug-likeness (QED) is 0.121. The first-order valence-electron chi connectivity index (χ1n) is 12.0. The molecule has 0 unspecified atom stereocenters. The third kappa shape index (κ3) is 6.07. The molecule has 194 valence electrons. The zero-order valence-corrected chi connectivity index (χ0v) is 20.9. The molecule has 0 aliphatic carbocycles. The first-order valence-corrected chi connectivity index (χ1v) is 12.0. The van der Waals surface area contributed by atoms with Crippen LogP contribution in [0.25, 0.3) is 6.08 Å². The van der Waals surface area contributed by atoms with Gasteiger partial charge in [0.25, 0.3) is 11.6 Å². The second-order valence-electron chi connectivity index (χ2n) is 8.51. The molecule has 3 aromatic rings. The van der Waals surface area contributed by atoms with E-state index in [9.17, 15) is 19.7 Å². The molecule has 1 aliphatic heterocycles. The minimum Gasteiger partial charge on any atom is -0.490 e. The fourth-order valence-electron chi connectivity index (χ4n) is 4.02. The molecule has 1 fully saturated rings. The van der Waals surface area contributed by atoms with Gasteiger partial charge >= 0.3 is 6.03 Å². The normalized spacial score (nSPS) is 13.9. The summed E-state index contributed by atoms with van der Waals surface area (Å²) in [5, 5.41) is 13.6. The van der Waals surface area contributed by atoms with E-state index < -0.39 is 16.9 Å². The van der Waals surface area contributed by atoms with Gasteiger partial charge in [-0.15, -0.1) is 6.58 Å². The number of hydrogen-bond acceptors (Lipinski definition) is 6. The van der Waals surface area contributed by atoms with E-state index in [1.807, 2.05) is 43.3 Å². The fraction of sp³-hybridized carbons (Fsp3) is 0.172. The zero-order chi connectivity index (χ0) is 27.1. The molecule has 0 aromatic heterocycles. The first kappa shape index (κ1) is 26.2. The van der Waals surface area contributed by atoms with Crippen LogP contribution < -0.4 is 14.8 Å². The number of urea groups is 1. The van der Waals surface area contributed by atoms with Crippen molar-refractivity contribution >= 4 is 23.7 Å². The molecule has 1 saturated heterocycles. The molecule has 0 atom stereocenters. The van der Waals surface area contributed by atoms with Gasteiger partial charge in [0, 0.05) is 17.7 Å². The third-order valence-corrected chi connectivity index (χ3v) is 5.81. The molecule has 4 rings (SSSR count). The second kappa shape index (κ2) is 11.9. The summed E-state index contributed by atoms with van der Waals surface area (Å²) in [7, 11) is 0. The maximum absolute atomic E-state index is 13.0. The summed E-state index contributed by atoms with van der Waals surface area (Å²) in [6.07, 6.45) is 3.80. The van der Waals surface area contributed by atoms with E-state index in [0.717, 1.165) is 21.6 Å². The number of nitrogens with one attached hydrogen (secondary N) is 1. The molecule has 0 bridgehead atoms. The highest BCUT2D eigenvalue weighted by Crippen LogP contribution is 2.35. The predicted molar refractivity (Wildman–Crippen MR) is 142 cm³/mol. The Morgan fingerprint density at radius 1 is 1.03 bits per heavy atom. The lowest BCUT2D eigenvalue weighted by Gasteiger charge is -2.17. The Bertz CT molecular complexity index is 1380. The van der Waals surface area contributed by atoms with Crippen LogP contribution in [0.2, 0.25) is 0 Å². The number of allylic oxidation sites excluding steroid dienone is 1. The Morgan fingerprint density at radius 2 is 1.76 bits per heavy atom. The maximum atomic E-state index is 13.0. The lowest BCUT2D eigenvalue weighted by atomic mass is 10.0. The summed E-state index contributed by atoms with van der Waals surface area (Å²) in [5.41, 5.74) is 3.20. The highest BCUT2D eigenvalue weighted by Gasteiger charge is 2.33. The van der Waals surface area contributed by atoms with Crippen molar-refractivity contribution in [3.63, 3.8) is 0 Å². The van der Waals surface area contributed by atoms with Crippen LogP contribution >= 0.6 is 0 Å². The van der Waals surface area contributed by atoms with Gasteiger partial charge in [0.2, 0.25) is 0 Å². The van der Waals surface area contributed by atoms with Gasteiger partial charge in [-0.2, -0.15) is 0 Å². The van der Waals surface area contributed by atoms with E-state index in [1.165, 1.54) is 12.1 Å². The van der Waals surface area contributed by atoms with Gasteiger partial charge < -0.3 is 14.8 Å². The van der Waals surface area contributed by atoms with Crippen molar-refractivity contribution in [3.8, 4) is 11.5 Å². The van der Waals surface area contributed by atoms with Crippen LogP contribution in [0.3, 0.4) is 0 Å². The highest BCUT2D eigenvalue weighted by molar-refractivity contribution is 6.13. The van der Waals surface area contributed by atoms with Gasteiger partial charge in [0.15, 0.2) is 11.5 Å². The molecule has 0 radical (unpaired) electrons. The molecule has 0 spiro atoms. The van der Waals surface area contributed by atoms with E-state index >= 15 is 0 Å². The van der Waals surface area contributed by atoms with E-state index in [2.05, 4.69) is 11.9 Å². The lowest BCUT2D eigenvalue weighted by molar-refractivity contribution is -0.384. The topological polar surface area (TPSA) is 111 Å². The SMILES string of the molecule is C=CCc1cc(/C=C2/NC(=O)N(Cc3ccccc3)C2=O)cc(OCC)c1OCc1ccc([N+](=O)[O-])cc1. The number of carbonyl (C=O) groups excluding carboxylic acids is 2. The Balaban J connectivity index is 1.59. The summed E-state index contributed by atoms with van der Waals surface area (Å²) < 4.78 is 12.0. The van der Waals surface area contributed by atoms with Crippen LogP contribution in [0.1, 0.15) is 29.2 Å². The van der Waals surface area contributed by atoms with Crippen molar-refractivity contribution in [1.29, 1.82) is 0 Å². The zero-order valence-electron chi connectivity index (χ0n) is 20.9. The molecular formula is C29H27N3O6. The molecule has 0 saturated carbocycles. The predicted octanol–water partition coefficient (Wildman–Crippen LogP) is 5.39. The number of nitrogens with zero attached hydrogens (tertiary/aromatic N) is 2. The Kier molecular flexibility index (Phi) is 8.17. The third-order valence-electron chi connectivity index (χ3n) is 5.81. The van der Waals surface area contributed by atoms with E-state index in [4.69, 9.17) is 9.47 Å². The van der Waals surface area contributed by atoms with Gasteiger partial charge in [-0.05, 0) is 60.4 Å². The van der Waals surface area contributed by atoms with Gasteiger partial charge in [-0.1, -0.05) is 36.4 Å². The number of imide groups is 1. The Hall–Kier alpha value is -4.92. The van der Waals surface area contributed by atoms with Crippen LogP contribution in [0.4, 0.5) is 10.5 Å². The molecule has 1 aliphatic rings. The van der Waals surface area contributed by atoms with Crippen LogP contribution in [0, 0.1) is 10.1 Å². The van der Waals surface area contributed by atoms with E-state index in [-0.39, 0.29) is 24.5 Å². The smallest absolute Gasteiger partial charge is 0.329 e. The van der Waals surface area contributed by atoms with Crippen molar-refractivity contribution in [2.24, 2.45) is 0 Å². The van der Waals surface area contributed by atoms with Crippen molar-refractivity contribution in [2.45, 2.75) is 26.5 Å². The molecular weight excluding hydrogens is 486 g/mol. The number of amides is 3. The Morgan fingerprint density at radius 3 is 2.42 bits per heavy atom.